The molecule has 3 N–H and O–H groups in total. The number of alkyl carbamates (subject to hydrolysis) is 1. The molecular formula is C39H38N4O5. The third-order valence-electron chi connectivity index (χ3n) is 8.12. The molecular weight excluding hydrogens is 604 g/mol. The van der Waals surface area contributed by atoms with Crippen molar-refractivity contribution in [1.29, 1.82) is 0 Å². The lowest BCUT2D eigenvalue weighted by atomic mass is 9.76. The SMILES string of the molecule is C/C=C/CNC(C(=O)O)C(=O)C(Cc1cncn1C(c1ccccc1)(c1ccccc1)c1ccccc1)NC(=O)OCc1ccccc1. The maximum Gasteiger partial charge on any atom is 0.408 e. The molecule has 9 heteroatoms. The van der Waals surface area contributed by atoms with Gasteiger partial charge in [0.1, 0.15) is 12.1 Å². The predicted molar refractivity (Wildman–Crippen MR) is 183 cm³/mol. The number of allylic oxidation sites excluding steroid dienone is 1. The summed E-state index contributed by atoms with van der Waals surface area (Å²) in [5.41, 5.74) is 3.24. The Kier molecular flexibility index (Phi) is 11.3. The molecule has 0 fully saturated rings. The van der Waals surface area contributed by atoms with E-state index in [9.17, 15) is 19.5 Å². The number of hydrogen-bond donors (Lipinski definition) is 3. The Morgan fingerprint density at radius 3 is 1.85 bits per heavy atom. The molecule has 0 aliphatic heterocycles. The predicted octanol–water partition coefficient (Wildman–Crippen LogP) is 5.75. The fourth-order valence-electron chi connectivity index (χ4n) is 5.88. The molecule has 0 saturated carbocycles. The Labute approximate surface area is 279 Å². The average Bonchev–Trinajstić information content (AvgIpc) is 3.59. The molecule has 0 radical (unpaired) electrons. The Morgan fingerprint density at radius 1 is 0.833 bits per heavy atom. The third kappa shape index (κ3) is 7.59. The lowest BCUT2D eigenvalue weighted by Gasteiger charge is -2.39. The number of benzene rings is 4. The van der Waals surface area contributed by atoms with E-state index in [2.05, 4.69) is 15.6 Å². The summed E-state index contributed by atoms with van der Waals surface area (Å²) in [5.74, 6) is -2.07. The minimum atomic E-state index is -1.58. The summed E-state index contributed by atoms with van der Waals surface area (Å²) in [5, 5.41) is 15.5. The van der Waals surface area contributed by atoms with Crippen LogP contribution in [0.15, 0.2) is 146 Å². The highest BCUT2D eigenvalue weighted by Crippen LogP contribution is 2.41. The number of imidazole rings is 1. The maximum absolute atomic E-state index is 14.0. The largest absolute Gasteiger partial charge is 0.480 e. The van der Waals surface area contributed by atoms with E-state index in [-0.39, 0.29) is 19.6 Å². The number of nitrogens with zero attached hydrogens (tertiary/aromatic N) is 2. The smallest absolute Gasteiger partial charge is 0.408 e. The van der Waals surface area contributed by atoms with Crippen molar-refractivity contribution < 1.29 is 24.2 Å². The fourth-order valence-corrected chi connectivity index (χ4v) is 5.88. The molecule has 2 unspecified atom stereocenters. The van der Waals surface area contributed by atoms with Gasteiger partial charge >= 0.3 is 12.1 Å². The zero-order valence-corrected chi connectivity index (χ0v) is 26.6. The topological polar surface area (TPSA) is 123 Å². The van der Waals surface area contributed by atoms with Crippen molar-refractivity contribution in [3.63, 3.8) is 0 Å². The van der Waals surface area contributed by atoms with Gasteiger partial charge in [-0.3, -0.25) is 14.9 Å². The molecule has 0 saturated heterocycles. The second-order valence-corrected chi connectivity index (χ2v) is 11.2. The molecule has 4 aromatic carbocycles. The van der Waals surface area contributed by atoms with Crippen LogP contribution in [0.5, 0.6) is 0 Å². The molecule has 244 valence electrons. The summed E-state index contributed by atoms with van der Waals surface area (Å²) in [7, 11) is 0. The Bertz CT molecular complexity index is 1710. The molecule has 9 nitrogen and oxygen atoms in total. The lowest BCUT2D eigenvalue weighted by molar-refractivity contribution is -0.144. The molecule has 48 heavy (non-hydrogen) atoms. The molecule has 0 spiro atoms. The van der Waals surface area contributed by atoms with E-state index in [1.54, 1.807) is 31.6 Å². The molecule has 1 aromatic heterocycles. The van der Waals surface area contributed by atoms with Crippen molar-refractivity contribution in [2.24, 2.45) is 0 Å². The first-order valence-electron chi connectivity index (χ1n) is 15.7. The van der Waals surface area contributed by atoms with Crippen LogP contribution in [0.2, 0.25) is 0 Å². The lowest BCUT2D eigenvalue weighted by Crippen LogP contribution is -2.54. The number of carbonyl (C=O) groups is 3. The first kappa shape index (κ1) is 33.6. The van der Waals surface area contributed by atoms with Crippen LogP contribution in [0.4, 0.5) is 4.79 Å². The minimum absolute atomic E-state index is 0.0213. The number of amides is 1. The first-order valence-corrected chi connectivity index (χ1v) is 15.7. The van der Waals surface area contributed by atoms with Gasteiger partial charge in [-0.15, -0.1) is 0 Å². The van der Waals surface area contributed by atoms with Gasteiger partial charge in [0.15, 0.2) is 11.8 Å². The second kappa shape index (κ2) is 16.2. The van der Waals surface area contributed by atoms with Gasteiger partial charge in [-0.05, 0) is 29.2 Å². The highest BCUT2D eigenvalue weighted by molar-refractivity contribution is 6.06. The summed E-state index contributed by atoms with van der Waals surface area (Å²) >= 11 is 0. The molecule has 0 aliphatic rings. The van der Waals surface area contributed by atoms with Gasteiger partial charge in [0.05, 0.1) is 12.4 Å². The number of rotatable bonds is 15. The standard InChI is InChI=1S/C39H38N4O5/c1-2-3-24-41-35(37(45)46)36(44)34(42-38(47)48-27-29-16-8-4-9-17-29)25-33-26-40-28-43(33)39(30-18-10-5-11-19-30,31-20-12-6-13-21-31)32-22-14-7-15-23-32/h2-23,26,28,34-35,41H,24-25,27H2,1H3,(H,42,47)(H,45,46)/b3-2+. The number of carboxylic acids is 1. The van der Waals surface area contributed by atoms with Crippen LogP contribution in [0.25, 0.3) is 0 Å². The molecule has 5 aromatic rings. The van der Waals surface area contributed by atoms with Crippen molar-refractivity contribution in [1.82, 2.24) is 20.2 Å². The summed E-state index contributed by atoms with van der Waals surface area (Å²) < 4.78 is 7.46. The van der Waals surface area contributed by atoms with Crippen molar-refractivity contribution in [3.8, 4) is 0 Å². The minimum Gasteiger partial charge on any atom is -0.480 e. The number of ether oxygens (including phenoxy) is 1. The van der Waals surface area contributed by atoms with E-state index in [0.717, 1.165) is 22.3 Å². The van der Waals surface area contributed by atoms with E-state index in [4.69, 9.17) is 4.74 Å². The van der Waals surface area contributed by atoms with Crippen LogP contribution < -0.4 is 10.6 Å². The second-order valence-electron chi connectivity index (χ2n) is 11.2. The molecule has 5 rings (SSSR count). The summed E-state index contributed by atoms with van der Waals surface area (Å²) in [6.45, 7) is 1.93. The van der Waals surface area contributed by atoms with Gasteiger partial charge < -0.3 is 19.7 Å². The number of aromatic nitrogens is 2. The number of Topliss-reactive ketones (excluding diaryl/α,β-unsaturated/α-hetero) is 1. The quantitative estimate of drug-likeness (QED) is 0.0755. The highest BCUT2D eigenvalue weighted by atomic mass is 16.5. The molecule has 0 bridgehead atoms. The van der Waals surface area contributed by atoms with E-state index in [1.807, 2.05) is 126 Å². The Hall–Kier alpha value is -5.80. The van der Waals surface area contributed by atoms with Crippen molar-refractivity contribution >= 4 is 17.8 Å². The van der Waals surface area contributed by atoms with Crippen LogP contribution in [-0.2, 0) is 32.9 Å². The fraction of sp³-hybridized carbons (Fsp3) is 0.179. The zero-order valence-electron chi connectivity index (χ0n) is 26.6. The van der Waals surface area contributed by atoms with Crippen molar-refractivity contribution in [3.05, 3.63) is 174 Å². The van der Waals surface area contributed by atoms with Crippen LogP contribution in [-0.4, -0.2) is 51.1 Å². The van der Waals surface area contributed by atoms with E-state index in [0.29, 0.717) is 5.69 Å². The number of nitrogens with one attached hydrogen (secondary N) is 2. The van der Waals surface area contributed by atoms with Crippen LogP contribution in [0.3, 0.4) is 0 Å². The van der Waals surface area contributed by atoms with Gasteiger partial charge in [0, 0.05) is 24.9 Å². The van der Waals surface area contributed by atoms with E-state index in [1.165, 1.54) is 0 Å². The highest BCUT2D eigenvalue weighted by Gasteiger charge is 2.41. The monoisotopic (exact) mass is 642 g/mol. The first-order chi connectivity index (χ1) is 23.4. The molecule has 1 amide bonds. The number of carboxylic acid groups (broad SMARTS) is 1. The van der Waals surface area contributed by atoms with Crippen LogP contribution >= 0.6 is 0 Å². The maximum atomic E-state index is 14.0. The summed E-state index contributed by atoms with van der Waals surface area (Å²) in [4.78, 5) is 44.1. The van der Waals surface area contributed by atoms with Crippen molar-refractivity contribution in [2.75, 3.05) is 6.54 Å². The number of ketones is 1. The van der Waals surface area contributed by atoms with Gasteiger partial charge in [0.25, 0.3) is 0 Å². The van der Waals surface area contributed by atoms with Gasteiger partial charge in [0.2, 0.25) is 0 Å². The van der Waals surface area contributed by atoms with Crippen LogP contribution in [0, 0.1) is 0 Å². The van der Waals surface area contributed by atoms with E-state index < -0.39 is 35.5 Å². The molecule has 1 heterocycles. The summed E-state index contributed by atoms with van der Waals surface area (Å²) in [6, 6.07) is 36.2. The third-order valence-corrected chi connectivity index (χ3v) is 8.12. The van der Waals surface area contributed by atoms with Gasteiger partial charge in [-0.25, -0.2) is 9.78 Å². The van der Waals surface area contributed by atoms with Gasteiger partial charge in [-0.2, -0.15) is 0 Å². The average molecular weight is 643 g/mol. The number of aliphatic carboxylic acids is 1. The Morgan fingerprint density at radius 2 is 1.35 bits per heavy atom. The Balaban J connectivity index is 1.59. The van der Waals surface area contributed by atoms with Crippen molar-refractivity contribution in [2.45, 2.75) is 37.6 Å². The van der Waals surface area contributed by atoms with E-state index >= 15 is 0 Å². The normalized spacial score (nSPS) is 12.7. The number of hydrogen-bond acceptors (Lipinski definition) is 6. The molecule has 0 aliphatic carbocycles. The summed E-state index contributed by atoms with van der Waals surface area (Å²) in [6.07, 6.45) is 5.90. The van der Waals surface area contributed by atoms with Crippen LogP contribution in [0.1, 0.15) is 34.9 Å². The zero-order chi connectivity index (χ0) is 33.8. The van der Waals surface area contributed by atoms with Gasteiger partial charge in [-0.1, -0.05) is 133 Å². The number of carbonyl (C=O) groups excluding carboxylic acids is 2. The molecule has 2 atom stereocenters.